The van der Waals surface area contributed by atoms with Crippen LogP contribution >= 0.6 is 35.0 Å². The molecule has 0 aliphatic heterocycles. The van der Waals surface area contributed by atoms with Gasteiger partial charge in [-0.15, -0.1) is 10.2 Å². The number of rotatable bonds is 7. The molecule has 0 bridgehead atoms. The van der Waals surface area contributed by atoms with Crippen LogP contribution in [0.5, 0.6) is 0 Å². The Balaban J connectivity index is 1.55. The first-order valence-electron chi connectivity index (χ1n) is 9.36. The van der Waals surface area contributed by atoms with Gasteiger partial charge in [0.1, 0.15) is 5.82 Å². The minimum atomic E-state index is -0.266. The van der Waals surface area contributed by atoms with E-state index in [9.17, 15) is 9.59 Å². The predicted molar refractivity (Wildman–Crippen MR) is 125 cm³/mol. The summed E-state index contributed by atoms with van der Waals surface area (Å²) < 4.78 is 1.70. The van der Waals surface area contributed by atoms with Crippen molar-refractivity contribution in [2.24, 2.45) is 7.05 Å². The molecule has 3 rings (SSSR count). The third-order valence-corrected chi connectivity index (χ3v) is 6.19. The van der Waals surface area contributed by atoms with E-state index in [1.54, 1.807) is 29.8 Å². The molecular formula is C21H21Cl2N5O2S. The SMILES string of the molecule is Cc1ccc(NC(=O)CSc2nnc(CC(=O)Nc3ccc(Cl)c(Cl)c3)n2C)c(C)c1. The molecule has 0 fully saturated rings. The molecule has 0 saturated carbocycles. The van der Waals surface area contributed by atoms with Gasteiger partial charge in [0.2, 0.25) is 11.8 Å². The van der Waals surface area contributed by atoms with Crippen LogP contribution in [0.25, 0.3) is 0 Å². The Morgan fingerprint density at radius 2 is 1.77 bits per heavy atom. The van der Waals surface area contributed by atoms with Crippen LogP contribution < -0.4 is 10.6 Å². The normalized spacial score (nSPS) is 10.7. The maximum atomic E-state index is 12.3. The monoisotopic (exact) mass is 477 g/mol. The quantitative estimate of drug-likeness (QED) is 0.483. The van der Waals surface area contributed by atoms with Crippen molar-refractivity contribution in [1.29, 1.82) is 0 Å². The van der Waals surface area contributed by atoms with Gasteiger partial charge in [-0.2, -0.15) is 0 Å². The molecule has 3 aromatic rings. The molecule has 0 spiro atoms. The first-order chi connectivity index (χ1) is 14.7. The molecule has 0 atom stereocenters. The van der Waals surface area contributed by atoms with Crippen molar-refractivity contribution in [3.05, 3.63) is 63.4 Å². The van der Waals surface area contributed by atoms with Gasteiger partial charge in [-0.1, -0.05) is 52.7 Å². The zero-order chi connectivity index (χ0) is 22.5. The highest BCUT2D eigenvalue weighted by molar-refractivity contribution is 7.99. The topological polar surface area (TPSA) is 88.9 Å². The summed E-state index contributed by atoms with van der Waals surface area (Å²) in [6.07, 6.45) is 0.0268. The minimum absolute atomic E-state index is 0.0268. The Kier molecular flexibility index (Phi) is 7.59. The van der Waals surface area contributed by atoms with E-state index in [0.717, 1.165) is 16.8 Å². The first kappa shape index (κ1) is 23.1. The van der Waals surface area contributed by atoms with Gasteiger partial charge in [-0.3, -0.25) is 9.59 Å². The number of nitrogens with zero attached hydrogens (tertiary/aromatic N) is 3. The third kappa shape index (κ3) is 6.22. The lowest BCUT2D eigenvalue weighted by atomic mass is 10.1. The Hall–Kier alpha value is -2.55. The zero-order valence-electron chi connectivity index (χ0n) is 17.2. The van der Waals surface area contributed by atoms with Gasteiger partial charge in [0.05, 0.1) is 22.2 Å². The molecule has 2 aromatic carbocycles. The van der Waals surface area contributed by atoms with Crippen molar-refractivity contribution >= 4 is 58.2 Å². The van der Waals surface area contributed by atoms with E-state index in [1.807, 2.05) is 32.0 Å². The lowest BCUT2D eigenvalue weighted by Gasteiger charge is -2.09. The van der Waals surface area contributed by atoms with Crippen molar-refractivity contribution in [2.45, 2.75) is 25.4 Å². The molecule has 10 heteroatoms. The summed E-state index contributed by atoms with van der Waals surface area (Å²) in [7, 11) is 1.76. The van der Waals surface area contributed by atoms with Crippen LogP contribution in [0.4, 0.5) is 11.4 Å². The molecule has 1 heterocycles. The largest absolute Gasteiger partial charge is 0.326 e. The van der Waals surface area contributed by atoms with Gasteiger partial charge in [-0.05, 0) is 43.7 Å². The zero-order valence-corrected chi connectivity index (χ0v) is 19.5. The second kappa shape index (κ2) is 10.2. The van der Waals surface area contributed by atoms with Gasteiger partial charge in [0, 0.05) is 18.4 Å². The number of halogens is 2. The second-order valence-electron chi connectivity index (χ2n) is 6.97. The van der Waals surface area contributed by atoms with Gasteiger partial charge in [-0.25, -0.2) is 0 Å². The van der Waals surface area contributed by atoms with E-state index < -0.39 is 0 Å². The molecule has 162 valence electrons. The van der Waals surface area contributed by atoms with E-state index >= 15 is 0 Å². The average molecular weight is 478 g/mol. The smallest absolute Gasteiger partial charge is 0.234 e. The van der Waals surface area contributed by atoms with Crippen molar-refractivity contribution in [3.8, 4) is 0 Å². The fraction of sp³-hybridized carbons (Fsp3) is 0.238. The fourth-order valence-corrected chi connectivity index (χ4v) is 3.85. The lowest BCUT2D eigenvalue weighted by molar-refractivity contribution is -0.116. The molecule has 2 amide bonds. The number of carbonyl (C=O) groups is 2. The number of thioether (sulfide) groups is 1. The summed E-state index contributed by atoms with van der Waals surface area (Å²) in [6, 6.07) is 10.7. The molecule has 7 nitrogen and oxygen atoms in total. The number of benzene rings is 2. The summed E-state index contributed by atoms with van der Waals surface area (Å²) in [4.78, 5) is 24.6. The summed E-state index contributed by atoms with van der Waals surface area (Å²) in [5.74, 6) is 0.251. The summed E-state index contributed by atoms with van der Waals surface area (Å²) in [5, 5.41) is 15.1. The van der Waals surface area contributed by atoms with Crippen LogP contribution in [-0.4, -0.2) is 32.3 Å². The lowest BCUT2D eigenvalue weighted by Crippen LogP contribution is -2.17. The van der Waals surface area contributed by atoms with Crippen molar-refractivity contribution in [2.75, 3.05) is 16.4 Å². The van der Waals surface area contributed by atoms with E-state index in [1.165, 1.54) is 11.8 Å². The van der Waals surface area contributed by atoms with Gasteiger partial charge >= 0.3 is 0 Å². The molecular weight excluding hydrogens is 457 g/mol. The molecule has 2 N–H and O–H groups in total. The number of hydrogen-bond acceptors (Lipinski definition) is 5. The van der Waals surface area contributed by atoms with Crippen LogP contribution in [0.1, 0.15) is 17.0 Å². The van der Waals surface area contributed by atoms with Crippen LogP contribution in [0.2, 0.25) is 10.0 Å². The molecule has 0 saturated heterocycles. The number of hydrogen-bond donors (Lipinski definition) is 2. The highest BCUT2D eigenvalue weighted by Gasteiger charge is 2.15. The molecule has 0 unspecified atom stereocenters. The average Bonchev–Trinajstić information content (AvgIpc) is 3.05. The standard InChI is InChI=1S/C21H21Cl2N5O2S/c1-12-4-7-17(13(2)8-12)25-20(30)11-31-21-27-26-18(28(21)3)10-19(29)24-14-5-6-15(22)16(23)9-14/h4-9H,10-11H2,1-3H3,(H,24,29)(H,25,30). The van der Waals surface area contributed by atoms with Crippen LogP contribution in [0.15, 0.2) is 41.6 Å². The fourth-order valence-electron chi connectivity index (χ4n) is 2.82. The number of nitrogens with one attached hydrogen (secondary N) is 2. The highest BCUT2D eigenvalue weighted by atomic mass is 35.5. The third-order valence-electron chi connectivity index (χ3n) is 4.44. The van der Waals surface area contributed by atoms with Crippen molar-refractivity contribution in [1.82, 2.24) is 14.8 Å². The minimum Gasteiger partial charge on any atom is -0.326 e. The van der Waals surface area contributed by atoms with Gasteiger partial charge < -0.3 is 15.2 Å². The predicted octanol–water partition coefficient (Wildman–Crippen LogP) is 4.65. The first-order valence-corrected chi connectivity index (χ1v) is 11.1. The van der Waals surface area contributed by atoms with Crippen LogP contribution in [0, 0.1) is 13.8 Å². The second-order valence-corrected chi connectivity index (χ2v) is 8.72. The number of aromatic nitrogens is 3. The number of aryl methyl sites for hydroxylation is 2. The Morgan fingerprint density at radius 3 is 2.48 bits per heavy atom. The van der Waals surface area contributed by atoms with Crippen molar-refractivity contribution in [3.63, 3.8) is 0 Å². The number of amides is 2. The summed E-state index contributed by atoms with van der Waals surface area (Å²) >= 11 is 13.1. The van der Waals surface area contributed by atoms with Crippen molar-refractivity contribution < 1.29 is 9.59 Å². The number of carbonyl (C=O) groups excluding carboxylic acids is 2. The molecule has 0 aliphatic carbocycles. The summed E-state index contributed by atoms with van der Waals surface area (Å²) in [6.45, 7) is 3.96. The maximum Gasteiger partial charge on any atom is 0.234 e. The van der Waals surface area contributed by atoms with E-state index in [0.29, 0.717) is 26.7 Å². The highest BCUT2D eigenvalue weighted by Crippen LogP contribution is 2.25. The molecule has 31 heavy (non-hydrogen) atoms. The molecule has 1 aromatic heterocycles. The Morgan fingerprint density at radius 1 is 1.00 bits per heavy atom. The summed E-state index contributed by atoms with van der Waals surface area (Å²) in [5.41, 5.74) is 3.47. The molecule has 0 radical (unpaired) electrons. The number of anilines is 2. The van der Waals surface area contributed by atoms with Crippen LogP contribution in [-0.2, 0) is 23.1 Å². The molecule has 0 aliphatic rings. The maximum absolute atomic E-state index is 12.3. The Bertz CT molecular complexity index is 1130. The Labute approximate surface area is 194 Å². The van der Waals surface area contributed by atoms with E-state index in [-0.39, 0.29) is 24.0 Å². The van der Waals surface area contributed by atoms with E-state index in [2.05, 4.69) is 20.8 Å². The van der Waals surface area contributed by atoms with Gasteiger partial charge in [0.25, 0.3) is 0 Å². The van der Waals surface area contributed by atoms with Crippen LogP contribution in [0.3, 0.4) is 0 Å². The van der Waals surface area contributed by atoms with Gasteiger partial charge in [0.15, 0.2) is 5.16 Å². The van der Waals surface area contributed by atoms with E-state index in [4.69, 9.17) is 23.2 Å².